The van der Waals surface area contributed by atoms with Gasteiger partial charge in [-0.2, -0.15) is 0 Å². The molecule has 4 heterocycles. The maximum absolute atomic E-state index is 12.7. The zero-order valence-corrected chi connectivity index (χ0v) is 39.6. The van der Waals surface area contributed by atoms with Crippen LogP contribution in [0.4, 0.5) is 5.69 Å². The van der Waals surface area contributed by atoms with E-state index in [-0.39, 0.29) is 54.5 Å². The number of para-hydroxylation sites is 1. The third kappa shape index (κ3) is 8.04. The Balaban J connectivity index is 1.23. The fraction of sp³-hybridized carbons (Fsp3) is 0.411. The number of methoxy groups -OCH3 is 1. The fourth-order valence-corrected chi connectivity index (χ4v) is 12.4. The average molecular weight is 918 g/mol. The van der Waals surface area contributed by atoms with Gasteiger partial charge in [0, 0.05) is 71.4 Å². The van der Waals surface area contributed by atoms with Crippen LogP contribution in [-0.4, -0.2) is 75.4 Å². The number of phenolic OH excluding ortho intramolecular Hbond substituents is 2. The highest BCUT2D eigenvalue weighted by atomic mass is 16.5. The number of carbonyl (C=O) groups excluding carboxylic acids is 1. The number of phenols is 2. The summed E-state index contributed by atoms with van der Waals surface area (Å²) in [6, 6.07) is 18.1. The number of aryl methyl sites for hydroxylation is 1. The summed E-state index contributed by atoms with van der Waals surface area (Å²) in [5.41, 5.74) is 18.0. The molecule has 4 bridgehead atoms. The van der Waals surface area contributed by atoms with Crippen LogP contribution in [-0.2, 0) is 34.2 Å². The van der Waals surface area contributed by atoms with E-state index in [4.69, 9.17) is 24.7 Å². The highest BCUT2D eigenvalue weighted by molar-refractivity contribution is 5.84. The van der Waals surface area contributed by atoms with Gasteiger partial charge in [-0.15, -0.1) is 0 Å². The van der Waals surface area contributed by atoms with Crippen LogP contribution >= 0.6 is 0 Å². The Kier molecular flexibility index (Phi) is 12.4. The molecule has 4 aromatic rings. The molecular formula is C56H63N5O7. The molecule has 1 fully saturated rings. The number of esters is 1. The van der Waals surface area contributed by atoms with E-state index in [1.807, 2.05) is 32.3 Å². The minimum absolute atomic E-state index is 0.00664. The number of carbonyl (C=O) groups is 1. The molecule has 354 valence electrons. The quantitative estimate of drug-likeness (QED) is 0.0581. The van der Waals surface area contributed by atoms with Crippen LogP contribution < -0.4 is 41.2 Å². The normalized spacial score (nSPS) is 25.9. The summed E-state index contributed by atoms with van der Waals surface area (Å²) in [7, 11) is 5.43. The Morgan fingerprint density at radius 1 is 1.03 bits per heavy atom. The Morgan fingerprint density at radius 3 is 2.68 bits per heavy atom. The Bertz CT molecular complexity index is 2800. The van der Waals surface area contributed by atoms with Crippen molar-refractivity contribution in [1.82, 2.24) is 16.0 Å². The Morgan fingerprint density at radius 2 is 1.88 bits per heavy atom. The summed E-state index contributed by atoms with van der Waals surface area (Å²) in [6.45, 7) is 5.00. The number of fused-ring (bicyclic) bond motifs is 8. The number of benzene rings is 4. The summed E-state index contributed by atoms with van der Waals surface area (Å²) in [5, 5.41) is 37.0. The van der Waals surface area contributed by atoms with Gasteiger partial charge in [0.25, 0.3) is 0 Å². The molecule has 0 aromatic heterocycles. The van der Waals surface area contributed by atoms with Gasteiger partial charge in [0.1, 0.15) is 36.1 Å². The van der Waals surface area contributed by atoms with Crippen molar-refractivity contribution in [2.24, 2.45) is 17.6 Å². The van der Waals surface area contributed by atoms with Crippen molar-refractivity contribution in [2.45, 2.75) is 94.5 Å². The largest absolute Gasteiger partial charge is 0.508 e. The first-order valence-corrected chi connectivity index (χ1v) is 24.2. The summed E-state index contributed by atoms with van der Waals surface area (Å²) < 4.78 is 26.4. The maximum Gasteiger partial charge on any atom is 0.302 e. The van der Waals surface area contributed by atoms with Crippen LogP contribution in [0, 0.1) is 23.7 Å². The lowest BCUT2D eigenvalue weighted by atomic mass is 9.64. The molecule has 0 amide bonds. The number of nitrogens with two attached hydrogens (primary N) is 1. The number of allylic oxidation sites excluding steroid dienone is 3. The summed E-state index contributed by atoms with van der Waals surface area (Å²) >= 11 is 0. The number of rotatable bonds is 11. The van der Waals surface area contributed by atoms with Crippen LogP contribution in [0.5, 0.6) is 28.7 Å². The third-order valence-corrected chi connectivity index (χ3v) is 15.3. The Labute approximate surface area is 399 Å². The average Bonchev–Trinajstić information content (AvgIpc) is 3.84. The van der Waals surface area contributed by atoms with Crippen LogP contribution in [0.15, 0.2) is 84.1 Å². The number of nitrogens with one attached hydrogen (secondary N) is 4. The monoisotopic (exact) mass is 917 g/mol. The zero-order valence-electron chi connectivity index (χ0n) is 39.6. The van der Waals surface area contributed by atoms with E-state index in [0.717, 1.165) is 100 Å². The van der Waals surface area contributed by atoms with Crippen LogP contribution in [0.2, 0.25) is 0 Å². The van der Waals surface area contributed by atoms with Gasteiger partial charge in [-0.25, -0.2) is 0 Å². The van der Waals surface area contributed by atoms with Crippen molar-refractivity contribution in [2.75, 3.05) is 46.2 Å². The molecule has 4 aromatic carbocycles. The van der Waals surface area contributed by atoms with E-state index in [1.165, 1.54) is 12.5 Å². The number of aromatic hydroxyl groups is 2. The van der Waals surface area contributed by atoms with Gasteiger partial charge in [0.05, 0.1) is 30.9 Å². The number of ether oxygens (including phenoxy) is 4. The van der Waals surface area contributed by atoms with Gasteiger partial charge in [0.2, 0.25) is 0 Å². The van der Waals surface area contributed by atoms with Crippen molar-refractivity contribution in [3.05, 3.63) is 123 Å². The van der Waals surface area contributed by atoms with Crippen molar-refractivity contribution >= 4 is 17.7 Å². The van der Waals surface area contributed by atoms with E-state index in [9.17, 15) is 15.0 Å². The highest BCUT2D eigenvalue weighted by Crippen LogP contribution is 2.64. The highest BCUT2D eigenvalue weighted by Gasteiger charge is 2.52. The molecule has 6 aliphatic rings. The van der Waals surface area contributed by atoms with Crippen LogP contribution in [0.25, 0.3) is 17.2 Å². The van der Waals surface area contributed by atoms with E-state index < -0.39 is 23.6 Å². The maximum atomic E-state index is 12.7. The first-order chi connectivity index (χ1) is 33.0. The topological polar surface area (TPSA) is 169 Å². The van der Waals surface area contributed by atoms with Gasteiger partial charge >= 0.3 is 5.97 Å². The lowest BCUT2D eigenvalue weighted by Crippen LogP contribution is -2.44. The van der Waals surface area contributed by atoms with E-state index in [1.54, 1.807) is 19.2 Å². The van der Waals surface area contributed by atoms with E-state index >= 15 is 0 Å². The zero-order chi connectivity index (χ0) is 47.3. The second-order valence-electron chi connectivity index (χ2n) is 19.3. The lowest BCUT2D eigenvalue weighted by molar-refractivity contribution is -0.141. The van der Waals surface area contributed by atoms with Crippen molar-refractivity contribution in [3.8, 4) is 51.7 Å². The molecule has 12 nitrogen and oxygen atoms in total. The lowest BCUT2D eigenvalue weighted by Gasteiger charge is -2.40. The predicted octanol–water partition coefficient (Wildman–Crippen LogP) is 7.67. The van der Waals surface area contributed by atoms with Crippen molar-refractivity contribution in [3.63, 3.8) is 0 Å². The van der Waals surface area contributed by atoms with Crippen LogP contribution in [0.1, 0.15) is 90.5 Å². The molecule has 2 aliphatic carbocycles. The summed E-state index contributed by atoms with van der Waals surface area (Å²) in [4.78, 5) is 12.7. The number of likely N-dealkylation sites (N-methyl/N-ethyl adjacent to an activating group) is 2. The van der Waals surface area contributed by atoms with E-state index in [2.05, 4.69) is 88.6 Å². The second-order valence-corrected chi connectivity index (χ2v) is 19.3. The van der Waals surface area contributed by atoms with Crippen LogP contribution in [0.3, 0.4) is 0 Å². The number of hydrogen-bond acceptors (Lipinski definition) is 12. The van der Waals surface area contributed by atoms with Crippen molar-refractivity contribution < 1.29 is 34.0 Å². The fourth-order valence-electron chi connectivity index (χ4n) is 12.4. The molecule has 68 heavy (non-hydrogen) atoms. The summed E-state index contributed by atoms with van der Waals surface area (Å²) in [6.07, 6.45) is 12.3. The third-order valence-electron chi connectivity index (χ3n) is 15.3. The first kappa shape index (κ1) is 45.4. The molecule has 4 aliphatic heterocycles. The molecule has 1 saturated carbocycles. The Hall–Kier alpha value is -6.39. The van der Waals surface area contributed by atoms with Crippen molar-refractivity contribution in [1.29, 1.82) is 0 Å². The molecule has 10 rings (SSSR count). The second kappa shape index (κ2) is 18.6. The van der Waals surface area contributed by atoms with Gasteiger partial charge in [-0.3, -0.25) is 4.79 Å². The SMILES string of the molecule is CCNc1ccccc1CCC1C2=C(C#CCc3cc(O)c4c(c3C3Oc5c(ccc6c5C5(CCC1C5)Cc1cc(O)cc(OC)c1-6)C3COC(C)=O)C=CC(NC)C(CNC)O4)NC(N)C=C2. The number of anilines is 1. The predicted molar refractivity (Wildman–Crippen MR) is 265 cm³/mol. The molecule has 8 unspecified atom stereocenters. The molecule has 8 N–H and O–H groups in total. The number of dihydropyridines is 1. The van der Waals surface area contributed by atoms with Gasteiger partial charge in [0.15, 0.2) is 11.5 Å². The molecule has 1 spiro atoms. The van der Waals surface area contributed by atoms with Gasteiger partial charge in [-0.05, 0) is 129 Å². The molecule has 0 saturated heterocycles. The smallest absolute Gasteiger partial charge is 0.302 e. The minimum atomic E-state index is -0.657. The molecule has 8 atom stereocenters. The van der Waals surface area contributed by atoms with Gasteiger partial charge < -0.3 is 56.2 Å². The summed E-state index contributed by atoms with van der Waals surface area (Å²) in [5.74, 6) is 8.61. The molecule has 12 heteroatoms. The standard InChI is InChI=1S/C56H63N5O7/c1-6-60-43-12-8-7-10-32(43)14-15-37-34-22-23-56(27-34)28-35-24-36(63)26-47(65-5)50(35)40-17-16-39-42(30-66-31(2)62)54(68-55(39)52(40)56)51-33(11-9-13-44-38(37)19-21-49(57)61-44)25-46(64)53-41(51)18-20-45(59-4)48(67-53)29-58-3/h7-8,10,12,16-21,24-26,34,37,42,45,48-49,54,58-61,63-64H,6,11,14-15,22-23,27-30,57H2,1-5H3. The minimum Gasteiger partial charge on any atom is -0.508 e. The first-order valence-electron chi connectivity index (χ1n) is 24.2. The number of hydrogen-bond donors (Lipinski definition) is 7. The van der Waals surface area contributed by atoms with Gasteiger partial charge in [-0.1, -0.05) is 54.5 Å². The molecular weight excluding hydrogens is 855 g/mol. The van der Waals surface area contributed by atoms with E-state index in [0.29, 0.717) is 30.0 Å². The molecule has 0 radical (unpaired) electrons.